The first-order valence-electron chi connectivity index (χ1n) is 6.58. The van der Waals surface area contributed by atoms with Crippen molar-refractivity contribution in [3.8, 4) is 0 Å². The number of carboxylic acid groups (broad SMARTS) is 1. The molecule has 1 heterocycles. The first-order valence-corrected chi connectivity index (χ1v) is 8.56. The van der Waals surface area contributed by atoms with Crippen LogP contribution in [0.3, 0.4) is 0 Å². The standard InChI is InChI=1S/C14H15Cl2NO4S/c1-22-12-5-9(10(15)6-11(12)16)14(20)17-2-3-21-8(7-17)4-13(18)19/h5-6,8H,2-4,7H2,1H3,(H,18,19). The van der Waals surface area contributed by atoms with Crippen LogP contribution in [0.25, 0.3) is 0 Å². The lowest BCUT2D eigenvalue weighted by atomic mass is 10.1. The fourth-order valence-corrected chi connectivity index (χ4v) is 3.43. The molecule has 1 aromatic rings. The Hall–Kier alpha value is -0.950. The number of aliphatic carboxylic acids is 1. The minimum absolute atomic E-state index is 0.131. The Bertz CT molecular complexity index is 596. The maximum absolute atomic E-state index is 12.6. The van der Waals surface area contributed by atoms with Gasteiger partial charge in [-0.1, -0.05) is 23.2 Å². The van der Waals surface area contributed by atoms with Crippen LogP contribution < -0.4 is 0 Å². The number of amides is 1. The summed E-state index contributed by atoms with van der Waals surface area (Å²) in [6, 6.07) is 3.22. The van der Waals surface area contributed by atoms with E-state index in [1.165, 1.54) is 11.8 Å². The number of hydrogen-bond donors (Lipinski definition) is 1. The van der Waals surface area contributed by atoms with Gasteiger partial charge >= 0.3 is 5.97 Å². The van der Waals surface area contributed by atoms with Crippen molar-refractivity contribution in [1.82, 2.24) is 4.90 Å². The fraction of sp³-hybridized carbons (Fsp3) is 0.429. The zero-order chi connectivity index (χ0) is 16.3. The Labute approximate surface area is 142 Å². The van der Waals surface area contributed by atoms with E-state index in [4.69, 9.17) is 33.0 Å². The molecule has 1 aliphatic rings. The Morgan fingerprint density at radius 3 is 2.77 bits per heavy atom. The summed E-state index contributed by atoms with van der Waals surface area (Å²) in [7, 11) is 0. The van der Waals surface area contributed by atoms with Crippen molar-refractivity contribution in [1.29, 1.82) is 0 Å². The lowest BCUT2D eigenvalue weighted by Gasteiger charge is -2.32. The number of carbonyl (C=O) groups is 2. The zero-order valence-electron chi connectivity index (χ0n) is 11.8. The molecule has 5 nitrogen and oxygen atoms in total. The van der Waals surface area contributed by atoms with E-state index in [0.29, 0.717) is 23.7 Å². The molecular weight excluding hydrogens is 349 g/mol. The molecule has 120 valence electrons. The van der Waals surface area contributed by atoms with E-state index in [9.17, 15) is 9.59 Å². The Morgan fingerprint density at radius 1 is 1.41 bits per heavy atom. The van der Waals surface area contributed by atoms with Crippen molar-refractivity contribution >= 4 is 46.8 Å². The van der Waals surface area contributed by atoms with Crippen LogP contribution >= 0.6 is 35.0 Å². The van der Waals surface area contributed by atoms with Gasteiger partial charge in [-0.05, 0) is 18.4 Å². The van der Waals surface area contributed by atoms with Crippen LogP contribution in [0.2, 0.25) is 10.0 Å². The molecular formula is C14H15Cl2NO4S. The monoisotopic (exact) mass is 363 g/mol. The first-order chi connectivity index (χ1) is 10.4. The molecule has 1 unspecified atom stereocenters. The predicted octanol–water partition coefficient (Wildman–Crippen LogP) is 3.03. The van der Waals surface area contributed by atoms with Crippen molar-refractivity contribution in [3.05, 3.63) is 27.7 Å². The van der Waals surface area contributed by atoms with Crippen LogP contribution in [0.1, 0.15) is 16.8 Å². The van der Waals surface area contributed by atoms with E-state index in [1.54, 1.807) is 17.0 Å². The van der Waals surface area contributed by atoms with Gasteiger partial charge in [-0.3, -0.25) is 9.59 Å². The predicted molar refractivity (Wildman–Crippen MR) is 86.1 cm³/mol. The minimum Gasteiger partial charge on any atom is -0.481 e. The van der Waals surface area contributed by atoms with Crippen molar-refractivity contribution < 1.29 is 19.4 Å². The van der Waals surface area contributed by atoms with Crippen molar-refractivity contribution in [3.63, 3.8) is 0 Å². The zero-order valence-corrected chi connectivity index (χ0v) is 14.2. The van der Waals surface area contributed by atoms with Crippen LogP contribution in [0.5, 0.6) is 0 Å². The van der Waals surface area contributed by atoms with E-state index >= 15 is 0 Å². The van der Waals surface area contributed by atoms with E-state index in [-0.39, 0.29) is 23.9 Å². The highest BCUT2D eigenvalue weighted by atomic mass is 35.5. The highest BCUT2D eigenvalue weighted by Gasteiger charge is 2.28. The average molecular weight is 364 g/mol. The van der Waals surface area contributed by atoms with Gasteiger partial charge < -0.3 is 14.7 Å². The molecule has 1 N–H and O–H groups in total. The topological polar surface area (TPSA) is 66.8 Å². The number of ether oxygens (including phenoxy) is 1. The number of nitrogens with zero attached hydrogens (tertiary/aromatic N) is 1. The largest absolute Gasteiger partial charge is 0.481 e. The number of halogens is 2. The van der Waals surface area contributed by atoms with Crippen molar-refractivity contribution in [2.24, 2.45) is 0 Å². The number of carbonyl (C=O) groups excluding carboxylic acids is 1. The molecule has 1 fully saturated rings. The lowest BCUT2D eigenvalue weighted by Crippen LogP contribution is -2.46. The van der Waals surface area contributed by atoms with Gasteiger partial charge in [-0.2, -0.15) is 0 Å². The molecule has 0 aromatic heterocycles. The number of benzene rings is 1. The van der Waals surface area contributed by atoms with Gasteiger partial charge in [-0.15, -0.1) is 11.8 Å². The van der Waals surface area contributed by atoms with E-state index in [0.717, 1.165) is 4.90 Å². The fourth-order valence-electron chi connectivity index (χ4n) is 2.24. The molecule has 22 heavy (non-hydrogen) atoms. The quantitative estimate of drug-likeness (QED) is 0.832. The molecule has 2 rings (SSSR count). The normalized spacial score (nSPS) is 18.3. The molecule has 1 aromatic carbocycles. The molecule has 0 aliphatic carbocycles. The lowest BCUT2D eigenvalue weighted by molar-refractivity contribution is -0.141. The first kappa shape index (κ1) is 17.4. The third kappa shape index (κ3) is 4.07. The third-order valence-electron chi connectivity index (χ3n) is 3.30. The Balaban J connectivity index is 2.18. The summed E-state index contributed by atoms with van der Waals surface area (Å²) in [5.41, 5.74) is 0.367. The SMILES string of the molecule is CSc1cc(C(=O)N2CCOC(CC(=O)O)C2)c(Cl)cc1Cl. The van der Waals surface area contributed by atoms with Crippen molar-refractivity contribution in [2.45, 2.75) is 17.4 Å². The Kier molecular flexibility index (Phi) is 5.97. The van der Waals surface area contributed by atoms with Crippen LogP contribution in [0.4, 0.5) is 0 Å². The van der Waals surface area contributed by atoms with Crippen LogP contribution in [-0.2, 0) is 9.53 Å². The summed E-state index contributed by atoms with van der Waals surface area (Å²) < 4.78 is 5.37. The minimum atomic E-state index is -0.950. The summed E-state index contributed by atoms with van der Waals surface area (Å²) in [6.07, 6.45) is 1.23. The molecule has 0 spiro atoms. The molecule has 1 aliphatic heterocycles. The van der Waals surface area contributed by atoms with Crippen LogP contribution in [0, 0.1) is 0 Å². The van der Waals surface area contributed by atoms with E-state index in [2.05, 4.69) is 0 Å². The van der Waals surface area contributed by atoms with Gasteiger partial charge in [0.2, 0.25) is 0 Å². The highest BCUT2D eigenvalue weighted by molar-refractivity contribution is 7.98. The molecule has 0 radical (unpaired) electrons. The molecule has 1 saturated heterocycles. The van der Waals surface area contributed by atoms with Crippen LogP contribution in [-0.4, -0.2) is 53.9 Å². The maximum atomic E-state index is 12.6. The molecule has 8 heteroatoms. The number of thioether (sulfide) groups is 1. The van der Waals surface area contributed by atoms with Gasteiger partial charge in [-0.25, -0.2) is 0 Å². The second kappa shape index (κ2) is 7.55. The van der Waals surface area contributed by atoms with E-state index < -0.39 is 12.1 Å². The Morgan fingerprint density at radius 2 is 2.14 bits per heavy atom. The number of carboxylic acids is 1. The second-order valence-corrected chi connectivity index (χ2v) is 6.47. The van der Waals surface area contributed by atoms with Crippen molar-refractivity contribution in [2.75, 3.05) is 26.0 Å². The second-order valence-electron chi connectivity index (χ2n) is 4.81. The van der Waals surface area contributed by atoms with Crippen LogP contribution in [0.15, 0.2) is 17.0 Å². The van der Waals surface area contributed by atoms with Gasteiger partial charge in [0.25, 0.3) is 5.91 Å². The summed E-state index contributed by atoms with van der Waals surface area (Å²) >= 11 is 13.6. The summed E-state index contributed by atoms with van der Waals surface area (Å²) in [6.45, 7) is 0.950. The highest BCUT2D eigenvalue weighted by Crippen LogP contribution is 2.32. The number of morpholine rings is 1. The van der Waals surface area contributed by atoms with E-state index in [1.807, 2.05) is 6.26 Å². The summed E-state index contributed by atoms with van der Waals surface area (Å²) in [5.74, 6) is -1.19. The van der Waals surface area contributed by atoms with Gasteiger partial charge in [0.1, 0.15) is 0 Å². The molecule has 1 amide bonds. The summed E-state index contributed by atoms with van der Waals surface area (Å²) in [4.78, 5) is 25.7. The maximum Gasteiger partial charge on any atom is 0.306 e. The number of hydrogen-bond acceptors (Lipinski definition) is 4. The van der Waals surface area contributed by atoms with Gasteiger partial charge in [0, 0.05) is 18.0 Å². The van der Waals surface area contributed by atoms with Gasteiger partial charge in [0.15, 0.2) is 0 Å². The third-order valence-corrected chi connectivity index (χ3v) is 4.82. The molecule has 0 bridgehead atoms. The molecule has 1 atom stereocenters. The van der Waals surface area contributed by atoms with Gasteiger partial charge in [0.05, 0.1) is 34.7 Å². The summed E-state index contributed by atoms with van der Waals surface area (Å²) in [5, 5.41) is 9.61. The molecule has 0 saturated carbocycles. The smallest absolute Gasteiger partial charge is 0.306 e. The number of rotatable bonds is 4. The average Bonchev–Trinajstić information content (AvgIpc) is 2.46.